The smallest absolute Gasteiger partial charge is 0.191 e. The molecule has 0 radical (unpaired) electrons. The van der Waals surface area contributed by atoms with Crippen LogP contribution in [0.3, 0.4) is 0 Å². The van der Waals surface area contributed by atoms with Crippen molar-refractivity contribution in [1.82, 2.24) is 10.6 Å². The van der Waals surface area contributed by atoms with Gasteiger partial charge in [-0.1, -0.05) is 41.4 Å². The minimum absolute atomic E-state index is 0. The maximum atomic E-state index is 6.05. The third-order valence-electron chi connectivity index (χ3n) is 3.14. The topological polar surface area (TPSA) is 45.7 Å². The van der Waals surface area contributed by atoms with E-state index in [9.17, 15) is 0 Å². The Labute approximate surface area is 158 Å². The van der Waals surface area contributed by atoms with E-state index in [1.165, 1.54) is 0 Å². The highest BCUT2D eigenvalue weighted by Gasteiger charge is 2.11. The molecular formula is C15H20Cl2IN3O. The fourth-order valence-electron chi connectivity index (χ4n) is 2.05. The van der Waals surface area contributed by atoms with Crippen molar-refractivity contribution in [3.63, 3.8) is 0 Å². The van der Waals surface area contributed by atoms with E-state index in [0.717, 1.165) is 18.8 Å². The molecule has 0 amide bonds. The van der Waals surface area contributed by atoms with Crippen molar-refractivity contribution in [3.8, 4) is 5.75 Å². The zero-order valence-electron chi connectivity index (χ0n) is 12.3. The molecule has 0 spiro atoms. The normalized spacial score (nSPS) is 14.6. The molecule has 2 N–H and O–H groups in total. The van der Waals surface area contributed by atoms with Gasteiger partial charge in [0.15, 0.2) is 5.96 Å². The first kappa shape index (κ1) is 19.4. The second-order valence-corrected chi connectivity index (χ2v) is 5.47. The molecule has 2 rings (SSSR count). The number of nitrogens with one attached hydrogen (secondary N) is 2. The van der Waals surface area contributed by atoms with E-state index >= 15 is 0 Å². The van der Waals surface area contributed by atoms with Gasteiger partial charge in [0.2, 0.25) is 0 Å². The average Bonchev–Trinajstić information content (AvgIpc) is 2.99. The minimum Gasteiger partial charge on any atom is -0.490 e. The monoisotopic (exact) mass is 455 g/mol. The molecule has 1 aromatic carbocycles. The molecule has 0 saturated carbocycles. The van der Waals surface area contributed by atoms with Crippen LogP contribution in [0.25, 0.3) is 0 Å². The molecule has 1 aliphatic rings. The molecule has 0 atom stereocenters. The Hall–Kier alpha value is -0.660. The Morgan fingerprint density at radius 3 is 2.73 bits per heavy atom. The molecule has 122 valence electrons. The number of hydrogen-bond donors (Lipinski definition) is 2. The number of rotatable bonds is 5. The molecule has 1 aromatic rings. The van der Waals surface area contributed by atoms with E-state index in [1.54, 1.807) is 19.2 Å². The van der Waals surface area contributed by atoms with Gasteiger partial charge in [0.05, 0.1) is 11.6 Å². The lowest BCUT2D eigenvalue weighted by molar-refractivity contribution is 0.322. The maximum absolute atomic E-state index is 6.05. The zero-order chi connectivity index (χ0) is 15.1. The Balaban J connectivity index is 0.00000242. The zero-order valence-corrected chi connectivity index (χ0v) is 16.2. The van der Waals surface area contributed by atoms with Gasteiger partial charge in [-0.2, -0.15) is 0 Å². The summed E-state index contributed by atoms with van der Waals surface area (Å²) in [7, 11) is 1.76. The molecule has 0 aromatic heterocycles. The van der Waals surface area contributed by atoms with Gasteiger partial charge in [-0.05, 0) is 25.0 Å². The summed E-state index contributed by atoms with van der Waals surface area (Å²) < 4.78 is 5.61. The second-order valence-electron chi connectivity index (χ2n) is 4.68. The van der Waals surface area contributed by atoms with E-state index in [2.05, 4.69) is 27.8 Å². The minimum atomic E-state index is 0. The van der Waals surface area contributed by atoms with Gasteiger partial charge >= 0.3 is 0 Å². The van der Waals surface area contributed by atoms with Crippen molar-refractivity contribution in [1.29, 1.82) is 0 Å². The number of hydrogen-bond acceptors (Lipinski definition) is 2. The van der Waals surface area contributed by atoms with Crippen LogP contribution in [0.4, 0.5) is 0 Å². The Morgan fingerprint density at radius 2 is 2.05 bits per heavy atom. The van der Waals surface area contributed by atoms with Crippen molar-refractivity contribution < 1.29 is 4.74 Å². The number of aliphatic imine (C=N–C) groups is 1. The van der Waals surface area contributed by atoms with Crippen molar-refractivity contribution in [2.75, 3.05) is 20.2 Å². The van der Waals surface area contributed by atoms with Gasteiger partial charge in [-0.15, -0.1) is 24.0 Å². The van der Waals surface area contributed by atoms with Crippen LogP contribution in [-0.4, -0.2) is 32.2 Å². The van der Waals surface area contributed by atoms with Gasteiger partial charge in [0.25, 0.3) is 0 Å². The summed E-state index contributed by atoms with van der Waals surface area (Å²) in [5.74, 6) is 1.37. The second kappa shape index (κ2) is 10.2. The first-order chi connectivity index (χ1) is 10.2. The van der Waals surface area contributed by atoms with Gasteiger partial charge in [-0.25, -0.2) is 0 Å². The van der Waals surface area contributed by atoms with Crippen LogP contribution >= 0.6 is 47.2 Å². The largest absolute Gasteiger partial charge is 0.490 e. The van der Waals surface area contributed by atoms with Crippen molar-refractivity contribution in [2.24, 2.45) is 4.99 Å². The first-order valence-corrected chi connectivity index (χ1v) is 7.65. The van der Waals surface area contributed by atoms with E-state index in [1.807, 2.05) is 6.07 Å². The van der Waals surface area contributed by atoms with Crippen LogP contribution in [0.1, 0.15) is 12.8 Å². The summed E-state index contributed by atoms with van der Waals surface area (Å²) in [5, 5.41) is 7.51. The number of guanidine groups is 1. The summed E-state index contributed by atoms with van der Waals surface area (Å²) >= 11 is 12.0. The third kappa shape index (κ3) is 5.85. The predicted molar refractivity (Wildman–Crippen MR) is 104 cm³/mol. The van der Waals surface area contributed by atoms with Crippen LogP contribution in [-0.2, 0) is 0 Å². The standard InChI is InChI=1S/C15H19Cl2N3O.HI/c1-18-15(20-11-5-2-3-6-11)19-9-10-21-13-8-4-7-12(16)14(13)17;/h2-4,7-8,11H,5-6,9-10H2,1H3,(H2,18,19,20);1H. The van der Waals surface area contributed by atoms with Crippen LogP contribution in [0.5, 0.6) is 5.75 Å². The predicted octanol–water partition coefficient (Wildman–Crippen LogP) is 3.87. The lowest BCUT2D eigenvalue weighted by Gasteiger charge is -2.17. The SMILES string of the molecule is CN=C(NCCOc1cccc(Cl)c1Cl)NC1CC=CC1.I. The third-order valence-corrected chi connectivity index (χ3v) is 3.94. The highest BCUT2D eigenvalue weighted by Crippen LogP contribution is 2.31. The van der Waals surface area contributed by atoms with E-state index in [-0.39, 0.29) is 24.0 Å². The van der Waals surface area contributed by atoms with Crippen molar-refractivity contribution >= 4 is 53.1 Å². The number of benzene rings is 1. The van der Waals surface area contributed by atoms with Gasteiger partial charge in [0.1, 0.15) is 17.4 Å². The van der Waals surface area contributed by atoms with Gasteiger partial charge in [0, 0.05) is 13.1 Å². The van der Waals surface area contributed by atoms with Gasteiger partial charge < -0.3 is 15.4 Å². The molecule has 0 saturated heterocycles. The molecule has 1 aliphatic carbocycles. The van der Waals surface area contributed by atoms with Crippen molar-refractivity contribution in [2.45, 2.75) is 18.9 Å². The summed E-state index contributed by atoms with van der Waals surface area (Å²) in [5.41, 5.74) is 0. The molecule has 0 fully saturated rings. The molecule has 7 heteroatoms. The summed E-state index contributed by atoms with van der Waals surface area (Å²) in [4.78, 5) is 4.19. The molecule has 22 heavy (non-hydrogen) atoms. The number of halogens is 3. The van der Waals surface area contributed by atoms with Crippen molar-refractivity contribution in [3.05, 3.63) is 40.4 Å². The summed E-state index contributed by atoms with van der Waals surface area (Å²) in [6.45, 7) is 1.10. The average molecular weight is 456 g/mol. The molecule has 0 heterocycles. The van der Waals surface area contributed by atoms with Crippen LogP contribution in [0.2, 0.25) is 10.0 Å². The fraction of sp³-hybridized carbons (Fsp3) is 0.400. The summed E-state index contributed by atoms with van der Waals surface area (Å²) in [6, 6.07) is 5.77. The lowest BCUT2D eigenvalue weighted by Crippen LogP contribution is -2.43. The van der Waals surface area contributed by atoms with Crippen LogP contribution in [0.15, 0.2) is 35.3 Å². The molecule has 0 aliphatic heterocycles. The number of ether oxygens (including phenoxy) is 1. The Kier molecular flexibility index (Phi) is 8.97. The lowest BCUT2D eigenvalue weighted by atomic mass is 10.2. The van der Waals surface area contributed by atoms with E-state index in [4.69, 9.17) is 27.9 Å². The molecule has 0 bridgehead atoms. The highest BCUT2D eigenvalue weighted by molar-refractivity contribution is 14.0. The van der Waals surface area contributed by atoms with Crippen LogP contribution < -0.4 is 15.4 Å². The van der Waals surface area contributed by atoms with Crippen LogP contribution in [0, 0.1) is 0 Å². The fourth-order valence-corrected chi connectivity index (χ4v) is 2.40. The van der Waals surface area contributed by atoms with E-state index < -0.39 is 0 Å². The first-order valence-electron chi connectivity index (χ1n) is 6.89. The summed E-state index contributed by atoms with van der Waals surface area (Å²) in [6.07, 6.45) is 6.43. The maximum Gasteiger partial charge on any atom is 0.191 e. The quantitative estimate of drug-likeness (QED) is 0.233. The molecule has 4 nitrogen and oxygen atoms in total. The Bertz CT molecular complexity index is 530. The molecular weight excluding hydrogens is 436 g/mol. The van der Waals surface area contributed by atoms with Gasteiger partial charge in [-0.3, -0.25) is 4.99 Å². The number of nitrogens with zero attached hydrogens (tertiary/aromatic N) is 1. The van der Waals surface area contributed by atoms with E-state index in [0.29, 0.717) is 35.0 Å². The molecule has 0 unspecified atom stereocenters. The Morgan fingerprint density at radius 1 is 1.32 bits per heavy atom. The highest BCUT2D eigenvalue weighted by atomic mass is 127.